The summed E-state index contributed by atoms with van der Waals surface area (Å²) in [5, 5.41) is 0. The van der Waals surface area contributed by atoms with Gasteiger partial charge in [0, 0.05) is 18.4 Å². The number of rotatable bonds is 2. The van der Waals surface area contributed by atoms with Gasteiger partial charge in [0.15, 0.2) is 0 Å². The molecule has 4 rings (SSSR count). The van der Waals surface area contributed by atoms with E-state index in [9.17, 15) is 4.79 Å². The van der Waals surface area contributed by atoms with Gasteiger partial charge < -0.3 is 4.90 Å². The molecule has 0 aliphatic carbocycles. The highest BCUT2D eigenvalue weighted by molar-refractivity contribution is 6.07. The average Bonchev–Trinajstić information content (AvgIpc) is 3.00. The van der Waals surface area contributed by atoms with Gasteiger partial charge in [-0.3, -0.25) is 9.20 Å². The molecule has 2 aromatic heterocycles. The van der Waals surface area contributed by atoms with Crippen molar-refractivity contribution >= 4 is 17.2 Å². The first-order valence-electron chi connectivity index (χ1n) is 8.57. The van der Waals surface area contributed by atoms with Crippen molar-refractivity contribution in [1.29, 1.82) is 0 Å². The Morgan fingerprint density at radius 1 is 1.21 bits per heavy atom. The minimum atomic E-state index is 0.0529. The Kier molecular flexibility index (Phi) is 3.60. The lowest BCUT2D eigenvalue weighted by Gasteiger charge is -2.29. The van der Waals surface area contributed by atoms with Crippen molar-refractivity contribution in [2.75, 3.05) is 11.4 Å². The Morgan fingerprint density at radius 2 is 2.04 bits per heavy atom. The second kappa shape index (κ2) is 5.78. The van der Waals surface area contributed by atoms with Crippen LogP contribution in [-0.2, 0) is 12.8 Å². The minimum Gasteiger partial charge on any atom is -0.307 e. The fourth-order valence-electron chi connectivity index (χ4n) is 3.60. The molecule has 0 bridgehead atoms. The molecule has 0 unspecified atom stereocenters. The highest BCUT2D eigenvalue weighted by Gasteiger charge is 2.28. The molecular weight excluding hydrogens is 298 g/mol. The topological polar surface area (TPSA) is 37.6 Å². The summed E-state index contributed by atoms with van der Waals surface area (Å²) in [6.07, 6.45) is 4.72. The zero-order valence-corrected chi connectivity index (χ0v) is 14.1. The molecule has 1 aliphatic heterocycles. The number of para-hydroxylation sites is 1. The number of imidazole rings is 1. The van der Waals surface area contributed by atoms with E-state index < -0.39 is 0 Å². The largest absolute Gasteiger partial charge is 0.307 e. The van der Waals surface area contributed by atoms with Crippen molar-refractivity contribution in [2.24, 2.45) is 0 Å². The Labute approximate surface area is 141 Å². The van der Waals surface area contributed by atoms with Crippen LogP contribution in [0.1, 0.15) is 40.7 Å². The third kappa shape index (κ3) is 2.21. The summed E-state index contributed by atoms with van der Waals surface area (Å²) in [5.41, 5.74) is 5.83. The molecule has 1 aliphatic rings. The average molecular weight is 319 g/mol. The number of amides is 1. The van der Waals surface area contributed by atoms with E-state index in [1.165, 1.54) is 5.56 Å². The molecule has 0 atom stereocenters. The van der Waals surface area contributed by atoms with Gasteiger partial charge in [0.2, 0.25) is 0 Å². The van der Waals surface area contributed by atoms with Crippen LogP contribution in [-0.4, -0.2) is 21.8 Å². The van der Waals surface area contributed by atoms with Gasteiger partial charge in [-0.1, -0.05) is 31.2 Å². The van der Waals surface area contributed by atoms with Gasteiger partial charge in [-0.15, -0.1) is 0 Å². The van der Waals surface area contributed by atoms with Crippen LogP contribution in [0.15, 0.2) is 42.6 Å². The van der Waals surface area contributed by atoms with Crippen LogP contribution < -0.4 is 4.90 Å². The molecule has 4 heteroatoms. The summed E-state index contributed by atoms with van der Waals surface area (Å²) in [6, 6.07) is 12.2. The van der Waals surface area contributed by atoms with Crippen LogP contribution in [0.3, 0.4) is 0 Å². The summed E-state index contributed by atoms with van der Waals surface area (Å²) in [5.74, 6) is 0.0529. The first kappa shape index (κ1) is 14.9. The molecule has 3 aromatic rings. The lowest BCUT2D eigenvalue weighted by molar-refractivity contribution is 0.0978. The first-order valence-corrected chi connectivity index (χ1v) is 8.57. The summed E-state index contributed by atoms with van der Waals surface area (Å²) in [7, 11) is 0. The number of carbonyl (C=O) groups is 1. The number of nitrogens with zero attached hydrogens (tertiary/aromatic N) is 3. The number of benzene rings is 1. The number of aryl methyl sites for hydroxylation is 3. The van der Waals surface area contributed by atoms with E-state index in [2.05, 4.69) is 13.0 Å². The molecule has 1 amide bonds. The summed E-state index contributed by atoms with van der Waals surface area (Å²) in [4.78, 5) is 20.0. The molecule has 0 fully saturated rings. The quantitative estimate of drug-likeness (QED) is 0.720. The number of hydrogen-bond acceptors (Lipinski definition) is 2. The molecule has 122 valence electrons. The zero-order chi connectivity index (χ0) is 16.7. The van der Waals surface area contributed by atoms with Crippen molar-refractivity contribution in [3.05, 3.63) is 65.1 Å². The lowest BCUT2D eigenvalue weighted by Crippen LogP contribution is -2.36. The maximum atomic E-state index is 13.4. The molecule has 1 aromatic carbocycles. The number of carbonyl (C=O) groups excluding carboxylic acids is 1. The smallest absolute Gasteiger partial charge is 0.277 e. The van der Waals surface area contributed by atoms with E-state index in [-0.39, 0.29) is 5.91 Å². The SMILES string of the molecule is CCc1nc2c(C)cccn2c1C(=O)N1CCCc2ccccc21. The highest BCUT2D eigenvalue weighted by atomic mass is 16.2. The van der Waals surface area contributed by atoms with Crippen molar-refractivity contribution in [2.45, 2.75) is 33.1 Å². The molecule has 0 N–H and O–H groups in total. The van der Waals surface area contributed by atoms with Crippen molar-refractivity contribution in [3.63, 3.8) is 0 Å². The number of anilines is 1. The summed E-state index contributed by atoms with van der Waals surface area (Å²) >= 11 is 0. The molecule has 4 nitrogen and oxygen atoms in total. The van der Waals surface area contributed by atoms with E-state index in [0.717, 1.165) is 48.4 Å². The van der Waals surface area contributed by atoms with Crippen LogP contribution in [0, 0.1) is 6.92 Å². The van der Waals surface area contributed by atoms with E-state index in [0.29, 0.717) is 5.69 Å². The maximum Gasteiger partial charge on any atom is 0.277 e. The Morgan fingerprint density at radius 3 is 2.88 bits per heavy atom. The third-order valence-electron chi connectivity index (χ3n) is 4.81. The number of fused-ring (bicyclic) bond motifs is 2. The van der Waals surface area contributed by atoms with E-state index in [1.54, 1.807) is 0 Å². The molecule has 0 spiro atoms. The Bertz CT molecular complexity index is 926. The Balaban J connectivity index is 1.87. The zero-order valence-electron chi connectivity index (χ0n) is 14.1. The van der Waals surface area contributed by atoms with Crippen LogP contribution >= 0.6 is 0 Å². The van der Waals surface area contributed by atoms with E-state index >= 15 is 0 Å². The van der Waals surface area contributed by atoms with Crippen LogP contribution in [0.25, 0.3) is 5.65 Å². The molecule has 0 saturated heterocycles. The lowest BCUT2D eigenvalue weighted by atomic mass is 10.0. The third-order valence-corrected chi connectivity index (χ3v) is 4.81. The number of pyridine rings is 1. The predicted molar refractivity (Wildman–Crippen MR) is 95.7 cm³/mol. The molecule has 0 radical (unpaired) electrons. The minimum absolute atomic E-state index is 0.0529. The van der Waals surface area contributed by atoms with E-state index in [1.807, 2.05) is 52.8 Å². The van der Waals surface area contributed by atoms with Gasteiger partial charge >= 0.3 is 0 Å². The second-order valence-corrected chi connectivity index (χ2v) is 6.33. The number of aromatic nitrogens is 2. The first-order chi connectivity index (χ1) is 11.7. The fraction of sp³-hybridized carbons (Fsp3) is 0.300. The van der Waals surface area contributed by atoms with Crippen LogP contribution in [0.2, 0.25) is 0 Å². The monoisotopic (exact) mass is 319 g/mol. The van der Waals surface area contributed by atoms with Gasteiger partial charge in [-0.2, -0.15) is 0 Å². The second-order valence-electron chi connectivity index (χ2n) is 6.33. The molecule has 24 heavy (non-hydrogen) atoms. The van der Waals surface area contributed by atoms with Crippen molar-refractivity contribution < 1.29 is 4.79 Å². The van der Waals surface area contributed by atoms with Gasteiger partial charge in [0.1, 0.15) is 11.3 Å². The molecule has 0 saturated carbocycles. The van der Waals surface area contributed by atoms with Crippen LogP contribution in [0.5, 0.6) is 0 Å². The molecular formula is C20H21N3O. The predicted octanol–water partition coefficient (Wildman–Crippen LogP) is 3.80. The standard InChI is InChI=1S/C20H21N3O/c1-3-16-18(23-13-6-8-14(2)19(23)21-16)20(24)22-12-7-10-15-9-4-5-11-17(15)22/h4-6,8-9,11,13H,3,7,10,12H2,1-2H3. The fourth-order valence-corrected chi connectivity index (χ4v) is 3.60. The van der Waals surface area contributed by atoms with Gasteiger partial charge in [0.25, 0.3) is 5.91 Å². The Hall–Kier alpha value is -2.62. The highest BCUT2D eigenvalue weighted by Crippen LogP contribution is 2.29. The van der Waals surface area contributed by atoms with Gasteiger partial charge in [0.05, 0.1) is 5.69 Å². The summed E-state index contributed by atoms with van der Waals surface area (Å²) in [6.45, 7) is 4.85. The number of hydrogen-bond donors (Lipinski definition) is 0. The van der Waals surface area contributed by atoms with Crippen LogP contribution in [0.4, 0.5) is 5.69 Å². The molecule has 3 heterocycles. The van der Waals surface area contributed by atoms with Crippen molar-refractivity contribution in [1.82, 2.24) is 9.38 Å². The van der Waals surface area contributed by atoms with E-state index in [4.69, 9.17) is 4.98 Å². The van der Waals surface area contributed by atoms with Crippen molar-refractivity contribution in [3.8, 4) is 0 Å². The summed E-state index contributed by atoms with van der Waals surface area (Å²) < 4.78 is 1.95. The normalized spacial score (nSPS) is 14.0. The van der Waals surface area contributed by atoms with Gasteiger partial charge in [-0.25, -0.2) is 4.98 Å². The maximum absolute atomic E-state index is 13.4. The van der Waals surface area contributed by atoms with Gasteiger partial charge in [-0.05, 0) is 49.4 Å².